The maximum Gasteiger partial charge on any atom is 0.328 e. The van der Waals surface area contributed by atoms with E-state index in [1.807, 2.05) is 0 Å². The Morgan fingerprint density at radius 1 is 1.00 bits per heavy atom. The smallest absolute Gasteiger partial charge is 0.328 e. The van der Waals surface area contributed by atoms with Crippen LogP contribution in [0.2, 0.25) is 0 Å². The molecule has 23 heavy (non-hydrogen) atoms. The lowest BCUT2D eigenvalue weighted by atomic mass is 10.1. The molecule has 10 nitrogen and oxygen atoms in total. The minimum absolute atomic E-state index is 0.361. The van der Waals surface area contributed by atoms with Crippen molar-refractivity contribution in [3.8, 4) is 0 Å². The number of aliphatic carboxylic acids is 2. The Morgan fingerprint density at radius 3 is 1.87 bits per heavy atom. The first-order valence-electron chi connectivity index (χ1n) is 6.96. The summed E-state index contributed by atoms with van der Waals surface area (Å²) in [4.78, 5) is 42.5. The van der Waals surface area contributed by atoms with Crippen molar-refractivity contribution >= 4 is 23.8 Å². The molecule has 0 spiro atoms. The molecule has 1 unspecified atom stereocenters. The van der Waals surface area contributed by atoms with Crippen LogP contribution in [0.5, 0.6) is 0 Å². The van der Waals surface area contributed by atoms with Gasteiger partial charge in [0, 0.05) is 13.8 Å². The van der Waals surface area contributed by atoms with E-state index in [-0.39, 0.29) is 5.91 Å². The van der Waals surface area contributed by atoms with Gasteiger partial charge in [0.2, 0.25) is 11.8 Å². The van der Waals surface area contributed by atoms with Gasteiger partial charge in [-0.1, -0.05) is 0 Å². The van der Waals surface area contributed by atoms with Crippen LogP contribution in [-0.2, 0) is 19.2 Å². The van der Waals surface area contributed by atoms with E-state index in [2.05, 4.69) is 10.6 Å². The number of carboxylic acids is 2. The molecule has 134 valence electrons. The highest BCUT2D eigenvalue weighted by Crippen LogP contribution is 2.01. The topological polar surface area (TPSA) is 179 Å². The Morgan fingerprint density at radius 2 is 1.52 bits per heavy atom. The number of nitrogens with two attached hydrogens (primary N) is 1. The Labute approximate surface area is 134 Å². The molecule has 0 radical (unpaired) electrons. The summed E-state index contributed by atoms with van der Waals surface area (Å²) >= 11 is 0. The minimum atomic E-state index is -1.38. The van der Waals surface area contributed by atoms with Crippen molar-refractivity contribution in [3.63, 3.8) is 0 Å². The van der Waals surface area contributed by atoms with Gasteiger partial charge in [0.25, 0.3) is 5.97 Å². The van der Waals surface area contributed by atoms with Crippen molar-refractivity contribution in [2.75, 3.05) is 13.2 Å². The highest BCUT2D eigenvalue weighted by atomic mass is 16.4. The lowest BCUT2D eigenvalue weighted by Gasteiger charge is -2.19. The van der Waals surface area contributed by atoms with Crippen molar-refractivity contribution < 1.29 is 34.5 Å². The zero-order valence-corrected chi connectivity index (χ0v) is 13.2. The molecule has 0 aliphatic rings. The Bertz CT molecular complexity index is 397. The first-order valence-corrected chi connectivity index (χ1v) is 6.96. The summed E-state index contributed by atoms with van der Waals surface area (Å²) in [6.07, 6.45) is 1.69. The summed E-state index contributed by atoms with van der Waals surface area (Å²) < 4.78 is 0. The zero-order valence-electron chi connectivity index (χ0n) is 13.2. The standard InChI is InChI=1S/C11H21N3O5.C2H4O2/c1-7(16)13-8(4-2-3-5-12)10(17)14-9(6-15)11(18)19;1-2(3)4/h8-9,15H,2-6,12H2,1H3,(H,13,16)(H,14,17)(H,18,19);1H3,(H,3,4)/t8?,9-;/m0./s1. The molecule has 0 saturated carbocycles. The number of carbonyl (C=O) groups excluding carboxylic acids is 2. The zero-order chi connectivity index (χ0) is 18.4. The van der Waals surface area contributed by atoms with Gasteiger partial charge in [0.1, 0.15) is 12.1 Å². The van der Waals surface area contributed by atoms with E-state index in [1.165, 1.54) is 6.92 Å². The van der Waals surface area contributed by atoms with Crippen LogP contribution in [0.25, 0.3) is 0 Å². The van der Waals surface area contributed by atoms with Crippen LogP contribution in [0.3, 0.4) is 0 Å². The largest absolute Gasteiger partial charge is 0.481 e. The SMILES string of the molecule is CC(=O)NC(CCCCN)C(=O)N[C@@H](CO)C(=O)O.CC(=O)O. The fourth-order valence-electron chi connectivity index (χ4n) is 1.46. The van der Waals surface area contributed by atoms with E-state index >= 15 is 0 Å². The molecule has 7 N–H and O–H groups in total. The summed E-state index contributed by atoms with van der Waals surface area (Å²) in [5.41, 5.74) is 5.34. The highest BCUT2D eigenvalue weighted by Gasteiger charge is 2.24. The van der Waals surface area contributed by atoms with Crippen LogP contribution >= 0.6 is 0 Å². The molecule has 10 heteroatoms. The third kappa shape index (κ3) is 14.5. The molecule has 0 saturated heterocycles. The molecule has 0 aliphatic carbocycles. The van der Waals surface area contributed by atoms with Gasteiger partial charge in [-0.15, -0.1) is 0 Å². The summed E-state index contributed by atoms with van der Waals surface area (Å²) in [6, 6.07) is -2.20. The van der Waals surface area contributed by atoms with Crippen molar-refractivity contribution in [1.29, 1.82) is 0 Å². The van der Waals surface area contributed by atoms with Crippen LogP contribution in [0.15, 0.2) is 0 Å². The van der Waals surface area contributed by atoms with E-state index in [9.17, 15) is 14.4 Å². The van der Waals surface area contributed by atoms with Gasteiger partial charge in [-0.25, -0.2) is 4.79 Å². The predicted molar refractivity (Wildman–Crippen MR) is 80.5 cm³/mol. The molecular weight excluding hydrogens is 310 g/mol. The molecule has 0 fully saturated rings. The van der Waals surface area contributed by atoms with E-state index < -0.39 is 36.5 Å². The van der Waals surface area contributed by atoms with Crippen LogP contribution in [0.4, 0.5) is 0 Å². The lowest BCUT2D eigenvalue weighted by Crippen LogP contribution is -2.52. The van der Waals surface area contributed by atoms with Crippen LogP contribution in [0.1, 0.15) is 33.1 Å². The average Bonchev–Trinajstić information content (AvgIpc) is 2.42. The first-order chi connectivity index (χ1) is 10.6. The summed E-state index contributed by atoms with van der Waals surface area (Å²) in [7, 11) is 0. The van der Waals surface area contributed by atoms with Crippen molar-refractivity contribution in [1.82, 2.24) is 10.6 Å². The average molecular weight is 335 g/mol. The van der Waals surface area contributed by atoms with Gasteiger partial charge in [0.05, 0.1) is 6.61 Å². The van der Waals surface area contributed by atoms with E-state index in [0.29, 0.717) is 25.8 Å². The second-order valence-electron chi connectivity index (χ2n) is 4.64. The van der Waals surface area contributed by atoms with Crippen molar-refractivity contribution in [2.24, 2.45) is 5.73 Å². The third-order valence-electron chi connectivity index (χ3n) is 2.44. The first kappa shape index (κ1) is 23.1. The second kappa shape index (κ2) is 13.5. The molecule has 2 atom stereocenters. The fourth-order valence-corrected chi connectivity index (χ4v) is 1.46. The van der Waals surface area contributed by atoms with E-state index in [4.69, 9.17) is 25.8 Å². The second-order valence-corrected chi connectivity index (χ2v) is 4.64. The number of rotatable bonds is 9. The maximum atomic E-state index is 11.8. The van der Waals surface area contributed by atoms with Crippen molar-refractivity contribution in [2.45, 2.75) is 45.2 Å². The molecule has 0 aromatic heterocycles. The summed E-state index contributed by atoms with van der Waals surface area (Å²) in [5, 5.41) is 29.6. The third-order valence-corrected chi connectivity index (χ3v) is 2.44. The molecule has 0 bridgehead atoms. The minimum Gasteiger partial charge on any atom is -0.481 e. The van der Waals surface area contributed by atoms with Gasteiger partial charge < -0.3 is 31.7 Å². The number of aliphatic hydroxyl groups excluding tert-OH is 1. The number of amides is 2. The summed E-state index contributed by atoms with van der Waals surface area (Å²) in [5.74, 6) is -3.18. The van der Waals surface area contributed by atoms with Gasteiger partial charge in [-0.05, 0) is 25.8 Å². The lowest BCUT2D eigenvalue weighted by molar-refractivity contribution is -0.143. The number of aliphatic hydroxyl groups is 1. The van der Waals surface area contributed by atoms with E-state index in [0.717, 1.165) is 6.92 Å². The molecular formula is C13H25N3O7. The summed E-state index contributed by atoms with van der Waals surface area (Å²) in [6.45, 7) is 2.11. The van der Waals surface area contributed by atoms with Crippen LogP contribution < -0.4 is 16.4 Å². The Balaban J connectivity index is 0. The van der Waals surface area contributed by atoms with Gasteiger partial charge in [-0.3, -0.25) is 14.4 Å². The predicted octanol–water partition coefficient (Wildman–Crippen LogP) is -1.73. The molecule has 0 aromatic rings. The number of carbonyl (C=O) groups is 4. The highest BCUT2D eigenvalue weighted by molar-refractivity contribution is 5.89. The van der Waals surface area contributed by atoms with Gasteiger partial charge in [0.15, 0.2) is 0 Å². The fraction of sp³-hybridized carbons (Fsp3) is 0.692. The number of hydrogen-bond donors (Lipinski definition) is 6. The van der Waals surface area contributed by atoms with Crippen molar-refractivity contribution in [3.05, 3.63) is 0 Å². The number of carboxylic acid groups (broad SMARTS) is 2. The monoisotopic (exact) mass is 335 g/mol. The maximum absolute atomic E-state index is 11.8. The van der Waals surface area contributed by atoms with Gasteiger partial charge in [-0.2, -0.15) is 0 Å². The normalized spacial score (nSPS) is 12.2. The molecule has 2 amide bonds. The number of unbranched alkanes of at least 4 members (excludes halogenated alkanes) is 1. The molecule has 0 aromatic carbocycles. The Hall–Kier alpha value is -2.20. The number of hydrogen-bond acceptors (Lipinski definition) is 6. The van der Waals surface area contributed by atoms with E-state index in [1.54, 1.807) is 0 Å². The Kier molecular flexibility index (Phi) is 13.5. The quantitative estimate of drug-likeness (QED) is 0.269. The van der Waals surface area contributed by atoms with Crippen LogP contribution in [0, 0.1) is 0 Å². The van der Waals surface area contributed by atoms with Crippen LogP contribution in [-0.4, -0.2) is 64.3 Å². The molecule has 0 aliphatic heterocycles. The van der Waals surface area contributed by atoms with Gasteiger partial charge >= 0.3 is 5.97 Å². The molecule has 0 rings (SSSR count). The number of nitrogens with one attached hydrogen (secondary N) is 2. The molecule has 0 heterocycles.